The Morgan fingerprint density at radius 2 is 2.08 bits per heavy atom. The third kappa shape index (κ3) is 5.09. The third-order valence-corrected chi connectivity index (χ3v) is 1.65. The molecule has 12 heavy (non-hydrogen) atoms. The van der Waals surface area contributed by atoms with Gasteiger partial charge in [-0.1, -0.05) is 0 Å². The molecule has 0 spiro atoms. The molecule has 0 aliphatic rings. The van der Waals surface area contributed by atoms with E-state index in [2.05, 4.69) is 15.5 Å². The molecular weight excluding hydrogens is 154 g/mol. The summed E-state index contributed by atoms with van der Waals surface area (Å²) in [7, 11) is 5.66. The Morgan fingerprint density at radius 1 is 1.50 bits per heavy atom. The van der Waals surface area contributed by atoms with Gasteiger partial charge in [-0.05, 0) is 21.0 Å². The quantitative estimate of drug-likeness (QED) is 0.576. The van der Waals surface area contributed by atoms with E-state index in [4.69, 9.17) is 0 Å². The number of carbonyl (C=O) groups is 1. The standard InChI is InChI=1S/C8H19N3O/c1-7(8(12)9-2)10-5-6-11(3)4/h7,10H,5-6H2,1-4H3,(H,9,12). The van der Waals surface area contributed by atoms with E-state index in [0.717, 1.165) is 13.1 Å². The first-order valence-corrected chi connectivity index (χ1v) is 4.17. The van der Waals surface area contributed by atoms with Gasteiger partial charge in [0.2, 0.25) is 5.91 Å². The fourth-order valence-corrected chi connectivity index (χ4v) is 0.814. The molecule has 0 aliphatic heterocycles. The van der Waals surface area contributed by atoms with Gasteiger partial charge in [-0.3, -0.25) is 4.79 Å². The Hall–Kier alpha value is -0.610. The predicted molar refractivity (Wildman–Crippen MR) is 50.1 cm³/mol. The van der Waals surface area contributed by atoms with Gasteiger partial charge in [0.25, 0.3) is 0 Å². The molecule has 0 saturated carbocycles. The van der Waals surface area contributed by atoms with Crippen LogP contribution in [0.25, 0.3) is 0 Å². The third-order valence-electron chi connectivity index (χ3n) is 1.65. The maximum absolute atomic E-state index is 11.0. The molecule has 1 atom stereocenters. The Morgan fingerprint density at radius 3 is 2.50 bits per heavy atom. The van der Waals surface area contributed by atoms with Crippen LogP contribution in [-0.4, -0.2) is 51.1 Å². The normalized spacial score (nSPS) is 13.1. The minimum atomic E-state index is -0.102. The molecule has 1 unspecified atom stereocenters. The Bertz CT molecular complexity index is 136. The van der Waals surface area contributed by atoms with Crippen molar-refractivity contribution in [3.05, 3.63) is 0 Å². The second-order valence-electron chi connectivity index (χ2n) is 3.09. The number of amides is 1. The summed E-state index contributed by atoms with van der Waals surface area (Å²) in [6.45, 7) is 3.64. The van der Waals surface area contributed by atoms with Crippen LogP contribution in [0, 0.1) is 0 Å². The fourth-order valence-electron chi connectivity index (χ4n) is 0.814. The molecule has 0 rings (SSSR count). The smallest absolute Gasteiger partial charge is 0.236 e. The molecule has 0 saturated heterocycles. The average molecular weight is 173 g/mol. The van der Waals surface area contributed by atoms with Crippen molar-refractivity contribution in [2.24, 2.45) is 0 Å². The van der Waals surface area contributed by atoms with Crippen LogP contribution in [-0.2, 0) is 4.79 Å². The van der Waals surface area contributed by atoms with Crippen LogP contribution in [0.2, 0.25) is 0 Å². The minimum absolute atomic E-state index is 0.0359. The summed E-state index contributed by atoms with van der Waals surface area (Å²) < 4.78 is 0. The lowest BCUT2D eigenvalue weighted by molar-refractivity contribution is -0.122. The molecule has 4 nitrogen and oxygen atoms in total. The van der Waals surface area contributed by atoms with E-state index in [1.807, 2.05) is 21.0 Å². The topological polar surface area (TPSA) is 44.4 Å². The molecule has 0 bridgehead atoms. The maximum Gasteiger partial charge on any atom is 0.236 e. The van der Waals surface area contributed by atoms with E-state index in [-0.39, 0.29) is 11.9 Å². The molecule has 0 aromatic rings. The Labute approximate surface area is 74.3 Å². The zero-order valence-corrected chi connectivity index (χ0v) is 8.35. The summed E-state index contributed by atoms with van der Waals surface area (Å²) in [5.74, 6) is 0.0359. The van der Waals surface area contributed by atoms with Gasteiger partial charge in [0, 0.05) is 20.1 Å². The predicted octanol–water partition coefficient (Wildman–Crippen LogP) is -0.728. The average Bonchev–Trinajstić information content (AvgIpc) is 2.02. The van der Waals surface area contributed by atoms with Crippen molar-refractivity contribution in [1.29, 1.82) is 0 Å². The molecule has 4 heteroatoms. The molecule has 1 amide bonds. The minimum Gasteiger partial charge on any atom is -0.358 e. The van der Waals surface area contributed by atoms with Crippen molar-refractivity contribution >= 4 is 5.91 Å². The summed E-state index contributed by atoms with van der Waals surface area (Å²) in [6.07, 6.45) is 0. The molecule has 0 aliphatic carbocycles. The second kappa shape index (κ2) is 5.97. The van der Waals surface area contributed by atoms with Gasteiger partial charge in [0.1, 0.15) is 0 Å². The van der Waals surface area contributed by atoms with Crippen LogP contribution in [0.3, 0.4) is 0 Å². The largest absolute Gasteiger partial charge is 0.358 e. The van der Waals surface area contributed by atoms with Crippen molar-refractivity contribution < 1.29 is 4.79 Å². The Kier molecular flexibility index (Phi) is 5.66. The van der Waals surface area contributed by atoms with Crippen molar-refractivity contribution in [2.45, 2.75) is 13.0 Å². The Balaban J connectivity index is 3.43. The van der Waals surface area contributed by atoms with Gasteiger partial charge in [0.05, 0.1) is 6.04 Å². The molecular formula is C8H19N3O. The molecule has 0 aromatic carbocycles. The van der Waals surface area contributed by atoms with E-state index < -0.39 is 0 Å². The molecule has 0 heterocycles. The van der Waals surface area contributed by atoms with Crippen molar-refractivity contribution in [3.8, 4) is 0 Å². The number of carbonyl (C=O) groups excluding carboxylic acids is 1. The summed E-state index contributed by atoms with van der Waals surface area (Å²) in [6, 6.07) is -0.102. The highest BCUT2D eigenvalue weighted by molar-refractivity contribution is 5.80. The maximum atomic E-state index is 11.0. The highest BCUT2D eigenvalue weighted by Gasteiger charge is 2.08. The number of hydrogen-bond acceptors (Lipinski definition) is 3. The SMILES string of the molecule is CNC(=O)C(C)NCCN(C)C. The monoisotopic (exact) mass is 173 g/mol. The van der Waals surface area contributed by atoms with Gasteiger partial charge in [-0.25, -0.2) is 0 Å². The summed E-state index contributed by atoms with van der Waals surface area (Å²) in [4.78, 5) is 13.1. The van der Waals surface area contributed by atoms with Gasteiger partial charge >= 0.3 is 0 Å². The van der Waals surface area contributed by atoms with Crippen LogP contribution in [0.1, 0.15) is 6.92 Å². The molecule has 0 radical (unpaired) electrons. The first-order chi connectivity index (χ1) is 5.57. The van der Waals surface area contributed by atoms with E-state index >= 15 is 0 Å². The molecule has 72 valence electrons. The van der Waals surface area contributed by atoms with Crippen LogP contribution in [0.4, 0.5) is 0 Å². The van der Waals surface area contributed by atoms with E-state index in [0.29, 0.717) is 0 Å². The number of nitrogens with one attached hydrogen (secondary N) is 2. The number of nitrogens with zero attached hydrogens (tertiary/aromatic N) is 1. The summed E-state index contributed by atoms with van der Waals surface area (Å²) in [5, 5.41) is 5.70. The highest BCUT2D eigenvalue weighted by atomic mass is 16.2. The van der Waals surface area contributed by atoms with E-state index in [1.54, 1.807) is 7.05 Å². The van der Waals surface area contributed by atoms with E-state index in [9.17, 15) is 4.79 Å². The van der Waals surface area contributed by atoms with Gasteiger partial charge < -0.3 is 15.5 Å². The highest BCUT2D eigenvalue weighted by Crippen LogP contribution is 1.80. The molecule has 2 N–H and O–H groups in total. The second-order valence-corrected chi connectivity index (χ2v) is 3.09. The fraction of sp³-hybridized carbons (Fsp3) is 0.875. The van der Waals surface area contributed by atoms with E-state index in [1.165, 1.54) is 0 Å². The number of rotatable bonds is 5. The van der Waals surface area contributed by atoms with Crippen molar-refractivity contribution in [3.63, 3.8) is 0 Å². The van der Waals surface area contributed by atoms with Gasteiger partial charge in [-0.2, -0.15) is 0 Å². The zero-order valence-electron chi connectivity index (χ0n) is 8.35. The number of hydrogen-bond donors (Lipinski definition) is 2. The molecule has 0 fully saturated rings. The lowest BCUT2D eigenvalue weighted by atomic mass is 10.3. The first-order valence-electron chi connectivity index (χ1n) is 4.17. The summed E-state index contributed by atoms with van der Waals surface area (Å²) >= 11 is 0. The van der Waals surface area contributed by atoms with Crippen LogP contribution >= 0.6 is 0 Å². The van der Waals surface area contributed by atoms with Crippen molar-refractivity contribution in [2.75, 3.05) is 34.2 Å². The van der Waals surface area contributed by atoms with Gasteiger partial charge in [0.15, 0.2) is 0 Å². The lowest BCUT2D eigenvalue weighted by Crippen LogP contribution is -2.42. The van der Waals surface area contributed by atoms with Crippen LogP contribution in [0.5, 0.6) is 0 Å². The lowest BCUT2D eigenvalue weighted by Gasteiger charge is -2.14. The molecule has 0 aromatic heterocycles. The van der Waals surface area contributed by atoms with Crippen LogP contribution < -0.4 is 10.6 Å². The summed E-state index contributed by atoms with van der Waals surface area (Å²) in [5.41, 5.74) is 0. The van der Waals surface area contributed by atoms with Crippen LogP contribution in [0.15, 0.2) is 0 Å². The van der Waals surface area contributed by atoms with Gasteiger partial charge in [-0.15, -0.1) is 0 Å². The van der Waals surface area contributed by atoms with Crippen molar-refractivity contribution in [1.82, 2.24) is 15.5 Å². The number of likely N-dealkylation sites (N-methyl/N-ethyl adjacent to an activating group) is 2. The zero-order chi connectivity index (χ0) is 9.56. The first kappa shape index (κ1) is 11.4.